The number of hydrogen-bond acceptors (Lipinski definition) is 10. The molecule has 2 aliphatic heterocycles. The Morgan fingerprint density at radius 1 is 1.26 bits per heavy atom. The maximum absolute atomic E-state index is 12.1. The number of carbonyl (C=O) groups excluding carboxylic acids is 1. The number of rotatable bonds is 6. The number of aliphatic hydroxyl groups is 1. The fourth-order valence-corrected chi connectivity index (χ4v) is 5.00. The number of non-ortho nitro benzene ring substituents is 1. The number of aliphatic hydroxyl groups excluding tert-OH is 1. The molecule has 1 N–H and O–H groups in total. The summed E-state index contributed by atoms with van der Waals surface area (Å²) in [5, 5.41) is 23.8. The van der Waals surface area contributed by atoms with Crippen LogP contribution >= 0.6 is 11.6 Å². The van der Waals surface area contributed by atoms with E-state index in [0.717, 1.165) is 5.56 Å². The summed E-state index contributed by atoms with van der Waals surface area (Å²) in [6, 6.07) is 8.27. The lowest BCUT2D eigenvalue weighted by Crippen LogP contribution is -2.63. The third-order valence-electron chi connectivity index (χ3n) is 6.36. The molecule has 0 spiro atoms. The van der Waals surface area contributed by atoms with Gasteiger partial charge in [0.15, 0.2) is 18.1 Å². The summed E-state index contributed by atoms with van der Waals surface area (Å²) >= 11 is 6.20. The highest BCUT2D eigenvalue weighted by Gasteiger charge is 2.56. The number of nitro benzene ring substituents is 1. The lowest BCUT2D eigenvalue weighted by Gasteiger charge is -2.50. The van der Waals surface area contributed by atoms with Gasteiger partial charge in [0.25, 0.3) is 5.69 Å². The minimum atomic E-state index is -1.44. The van der Waals surface area contributed by atoms with Crippen LogP contribution in [0.25, 0.3) is 0 Å². The fraction of sp³-hybridized carbons (Fsp3) is 0.435. The molecule has 0 bridgehead atoms. The number of nitro groups is 1. The number of methoxy groups -OCH3 is 3. The average molecular weight is 509 g/mol. The fourth-order valence-electron chi connectivity index (χ4n) is 4.81. The molecule has 0 fully saturated rings. The van der Waals surface area contributed by atoms with Gasteiger partial charge in [0.05, 0.1) is 18.1 Å². The number of nitrogens with zero attached hydrogens (tertiary/aromatic N) is 2. The molecule has 0 unspecified atom stereocenters. The number of benzene rings is 2. The van der Waals surface area contributed by atoms with Crippen molar-refractivity contribution in [3.05, 3.63) is 62.7 Å². The Bertz CT molecular complexity index is 1140. The Morgan fingerprint density at radius 2 is 1.97 bits per heavy atom. The van der Waals surface area contributed by atoms with E-state index in [4.69, 9.17) is 35.3 Å². The van der Waals surface area contributed by atoms with Gasteiger partial charge >= 0.3 is 6.16 Å². The summed E-state index contributed by atoms with van der Waals surface area (Å²) in [4.78, 5) is 24.8. The standard InChI is InChI=1S/C23H25ClN2O9/c1-23(21(31-2)32-3)20(27)19(15-11-14(26(29)30)6-8-17(15)35-23)25-16-7-5-13(24)9-12(16)10-18(25)34-22(28)33-4/h5-9,11,18-21,27H,10H2,1-4H3/t18-,19-,20+,23-/m0/s1. The van der Waals surface area contributed by atoms with E-state index < -0.39 is 41.3 Å². The Labute approximate surface area is 206 Å². The Balaban J connectivity index is 1.93. The van der Waals surface area contributed by atoms with E-state index >= 15 is 0 Å². The van der Waals surface area contributed by atoms with Crippen LogP contribution in [0.15, 0.2) is 36.4 Å². The molecule has 0 aromatic heterocycles. The number of fused-ring (bicyclic) bond motifs is 2. The van der Waals surface area contributed by atoms with E-state index in [9.17, 15) is 20.0 Å². The maximum atomic E-state index is 12.1. The number of halogens is 1. The van der Waals surface area contributed by atoms with Gasteiger partial charge in [-0.15, -0.1) is 0 Å². The zero-order valence-electron chi connectivity index (χ0n) is 19.5. The van der Waals surface area contributed by atoms with Gasteiger partial charge < -0.3 is 33.7 Å². The van der Waals surface area contributed by atoms with E-state index in [-0.39, 0.29) is 17.9 Å². The van der Waals surface area contributed by atoms with E-state index in [2.05, 4.69) is 0 Å². The SMILES string of the molecule is COC(=O)O[C@H]1Cc2cc(Cl)ccc2N1[C@H]1c2cc([N+](=O)[O-])ccc2O[C@](C)(C(OC)OC)[C@@H]1O. The van der Waals surface area contributed by atoms with Crippen molar-refractivity contribution in [1.29, 1.82) is 0 Å². The van der Waals surface area contributed by atoms with Gasteiger partial charge in [0, 0.05) is 49.0 Å². The molecular formula is C23H25ClN2O9. The van der Waals surface area contributed by atoms with Gasteiger partial charge in [-0.1, -0.05) is 11.6 Å². The first-order chi connectivity index (χ1) is 16.6. The number of carbonyl (C=O) groups is 1. The molecule has 0 saturated carbocycles. The maximum Gasteiger partial charge on any atom is 0.509 e. The summed E-state index contributed by atoms with van der Waals surface area (Å²) in [6.45, 7) is 1.61. The second kappa shape index (κ2) is 9.50. The first-order valence-corrected chi connectivity index (χ1v) is 11.0. The molecular weight excluding hydrogens is 484 g/mol. The predicted molar refractivity (Wildman–Crippen MR) is 124 cm³/mol. The molecule has 2 aliphatic rings. The third kappa shape index (κ3) is 4.25. The second-order valence-electron chi connectivity index (χ2n) is 8.37. The average Bonchev–Trinajstić information content (AvgIpc) is 3.16. The highest BCUT2D eigenvalue weighted by Crippen LogP contribution is 2.50. The summed E-state index contributed by atoms with van der Waals surface area (Å²) in [5.74, 6) is 0.284. The van der Waals surface area contributed by atoms with E-state index in [1.165, 1.54) is 39.5 Å². The molecule has 0 radical (unpaired) electrons. The van der Waals surface area contributed by atoms with Crippen molar-refractivity contribution in [2.24, 2.45) is 0 Å². The molecule has 4 rings (SSSR count). The van der Waals surface area contributed by atoms with Gasteiger partial charge in [0.1, 0.15) is 11.9 Å². The highest BCUT2D eigenvalue weighted by atomic mass is 35.5. The first kappa shape index (κ1) is 25.0. The van der Waals surface area contributed by atoms with Gasteiger partial charge in [-0.2, -0.15) is 0 Å². The van der Waals surface area contributed by atoms with Crippen LogP contribution in [-0.2, 0) is 25.4 Å². The van der Waals surface area contributed by atoms with Crippen LogP contribution in [-0.4, -0.2) is 61.7 Å². The summed E-state index contributed by atoms with van der Waals surface area (Å²) in [7, 11) is 4.00. The molecule has 2 aromatic carbocycles. The first-order valence-electron chi connectivity index (χ1n) is 10.7. The molecule has 0 amide bonds. The van der Waals surface area contributed by atoms with Crippen molar-refractivity contribution in [2.75, 3.05) is 26.2 Å². The molecule has 2 heterocycles. The molecule has 0 saturated heterocycles. The molecule has 12 heteroatoms. The van der Waals surface area contributed by atoms with Crippen molar-refractivity contribution in [3.63, 3.8) is 0 Å². The Morgan fingerprint density at radius 3 is 2.60 bits per heavy atom. The summed E-state index contributed by atoms with van der Waals surface area (Å²) in [6.07, 6.45) is -3.95. The lowest BCUT2D eigenvalue weighted by molar-refractivity contribution is -0.385. The highest BCUT2D eigenvalue weighted by molar-refractivity contribution is 6.30. The van der Waals surface area contributed by atoms with E-state index in [1.807, 2.05) is 0 Å². The summed E-state index contributed by atoms with van der Waals surface area (Å²) < 4.78 is 27.3. The number of hydrogen-bond donors (Lipinski definition) is 1. The Kier molecular flexibility index (Phi) is 6.78. The van der Waals surface area contributed by atoms with Crippen molar-refractivity contribution < 1.29 is 38.5 Å². The van der Waals surface area contributed by atoms with Crippen LogP contribution < -0.4 is 9.64 Å². The van der Waals surface area contributed by atoms with E-state index in [1.54, 1.807) is 30.0 Å². The number of ether oxygens (including phenoxy) is 5. The number of anilines is 1. The third-order valence-corrected chi connectivity index (χ3v) is 6.59. The quantitative estimate of drug-likeness (QED) is 0.267. The topological polar surface area (TPSA) is 130 Å². The van der Waals surface area contributed by atoms with Crippen LogP contribution in [0.3, 0.4) is 0 Å². The molecule has 2 aromatic rings. The molecule has 11 nitrogen and oxygen atoms in total. The zero-order chi connectivity index (χ0) is 25.5. The van der Waals surface area contributed by atoms with Crippen molar-refractivity contribution >= 4 is 29.1 Å². The van der Waals surface area contributed by atoms with Crippen LogP contribution in [0.2, 0.25) is 5.02 Å². The second-order valence-corrected chi connectivity index (χ2v) is 8.81. The minimum absolute atomic E-state index is 0.191. The lowest BCUT2D eigenvalue weighted by atomic mass is 9.83. The van der Waals surface area contributed by atoms with Crippen molar-refractivity contribution in [3.8, 4) is 5.75 Å². The monoisotopic (exact) mass is 508 g/mol. The van der Waals surface area contributed by atoms with Crippen molar-refractivity contribution in [1.82, 2.24) is 0 Å². The summed E-state index contributed by atoms with van der Waals surface area (Å²) in [5.41, 5.74) is 0.0808. The van der Waals surface area contributed by atoms with E-state index in [0.29, 0.717) is 16.3 Å². The van der Waals surface area contributed by atoms with Gasteiger partial charge in [-0.3, -0.25) is 10.1 Å². The smallest absolute Gasteiger partial charge is 0.479 e. The molecule has 0 aliphatic carbocycles. The van der Waals surface area contributed by atoms with Crippen LogP contribution in [0.1, 0.15) is 24.1 Å². The van der Waals surface area contributed by atoms with Crippen LogP contribution in [0.4, 0.5) is 16.2 Å². The molecule has 4 atom stereocenters. The van der Waals surface area contributed by atoms with Gasteiger partial charge in [0.2, 0.25) is 0 Å². The zero-order valence-corrected chi connectivity index (χ0v) is 20.2. The molecule has 188 valence electrons. The van der Waals surface area contributed by atoms with Gasteiger partial charge in [-0.05, 0) is 36.8 Å². The van der Waals surface area contributed by atoms with Crippen LogP contribution in [0.5, 0.6) is 5.75 Å². The predicted octanol–water partition coefficient (Wildman–Crippen LogP) is 3.59. The Hall–Kier alpha value is -3.12. The van der Waals surface area contributed by atoms with Crippen molar-refractivity contribution in [2.45, 2.75) is 43.6 Å². The van der Waals surface area contributed by atoms with Crippen LogP contribution in [0, 0.1) is 10.1 Å². The largest absolute Gasteiger partial charge is 0.509 e. The molecule has 35 heavy (non-hydrogen) atoms. The normalized spacial score (nSPS) is 25.0. The van der Waals surface area contributed by atoms with Gasteiger partial charge in [-0.25, -0.2) is 4.79 Å². The minimum Gasteiger partial charge on any atom is -0.479 e.